The first-order chi connectivity index (χ1) is 4.04. The molecule has 9 heavy (non-hydrogen) atoms. The van der Waals surface area contributed by atoms with Crippen molar-refractivity contribution >= 4 is 5.84 Å². The molecule has 2 heteroatoms. The lowest BCUT2D eigenvalue weighted by molar-refractivity contribution is 1.30. The average molecular weight is 124 g/mol. The maximum atomic E-state index is 5.41. The third-order valence-corrected chi connectivity index (χ3v) is 0.749. The minimum absolute atomic E-state index is 0.461. The summed E-state index contributed by atoms with van der Waals surface area (Å²) in [6.07, 6.45) is 0. The van der Waals surface area contributed by atoms with Crippen LogP contribution >= 0.6 is 0 Å². The van der Waals surface area contributed by atoms with Crippen molar-refractivity contribution in [1.82, 2.24) is 0 Å². The summed E-state index contributed by atoms with van der Waals surface area (Å²) in [4.78, 5) is 3.88. The molecule has 0 aliphatic carbocycles. The summed E-state index contributed by atoms with van der Waals surface area (Å²) in [5.41, 5.74) is 6.89. The molecule has 50 valence electrons. The minimum Gasteiger partial charge on any atom is -0.383 e. The number of nitrogens with two attached hydrogens (primary N) is 1. The van der Waals surface area contributed by atoms with E-state index in [0.717, 1.165) is 5.57 Å². The maximum absolute atomic E-state index is 5.41. The molecule has 0 aliphatic heterocycles. The molecule has 0 atom stereocenters. The van der Waals surface area contributed by atoms with Crippen LogP contribution in [0, 0.1) is 0 Å². The molecular weight excluding hydrogens is 112 g/mol. The van der Waals surface area contributed by atoms with E-state index in [1.165, 1.54) is 0 Å². The van der Waals surface area contributed by atoms with Gasteiger partial charge in [0.05, 0.1) is 0 Å². The summed E-state index contributed by atoms with van der Waals surface area (Å²) in [5, 5.41) is 0. The van der Waals surface area contributed by atoms with Crippen LogP contribution in [0.2, 0.25) is 0 Å². The Morgan fingerprint density at radius 3 is 1.89 bits per heavy atom. The number of rotatable bonds is 2. The lowest BCUT2D eigenvalue weighted by atomic mass is 10.3. The summed E-state index contributed by atoms with van der Waals surface area (Å²) in [6, 6.07) is 0. The highest BCUT2D eigenvalue weighted by atomic mass is 14.9. The number of amidine groups is 1. The number of hydrogen-bond acceptors (Lipinski definition) is 1. The third kappa shape index (κ3) is 3.53. The van der Waals surface area contributed by atoms with Crippen molar-refractivity contribution in [2.75, 3.05) is 0 Å². The molecule has 0 heterocycles. The molecule has 0 aromatic carbocycles. The second kappa shape index (κ2) is 3.07. The van der Waals surface area contributed by atoms with E-state index in [9.17, 15) is 0 Å². The molecule has 2 nitrogen and oxygen atoms in total. The van der Waals surface area contributed by atoms with Gasteiger partial charge in [0.2, 0.25) is 0 Å². The van der Waals surface area contributed by atoms with Gasteiger partial charge < -0.3 is 5.73 Å². The van der Waals surface area contributed by atoms with E-state index >= 15 is 0 Å². The molecule has 0 saturated carbocycles. The van der Waals surface area contributed by atoms with Gasteiger partial charge in [-0.15, -0.1) is 0 Å². The second-order valence-electron chi connectivity index (χ2n) is 2.01. The van der Waals surface area contributed by atoms with Crippen LogP contribution in [0.25, 0.3) is 0 Å². The lowest BCUT2D eigenvalue weighted by Gasteiger charge is -1.95. The van der Waals surface area contributed by atoms with Crippen LogP contribution in [0.5, 0.6) is 0 Å². The quantitative estimate of drug-likeness (QED) is 0.439. The zero-order chi connectivity index (χ0) is 7.44. The van der Waals surface area contributed by atoms with Crippen LogP contribution in [0.3, 0.4) is 0 Å². The summed E-state index contributed by atoms with van der Waals surface area (Å²) in [7, 11) is 0. The predicted octanol–water partition coefficient (Wildman–Crippen LogP) is 1.45. The molecule has 0 aromatic heterocycles. The Hall–Kier alpha value is -1.05. The third-order valence-electron chi connectivity index (χ3n) is 0.749. The number of nitrogens with zero attached hydrogens (tertiary/aromatic N) is 1. The van der Waals surface area contributed by atoms with Gasteiger partial charge in [0.1, 0.15) is 5.84 Å². The fourth-order valence-corrected chi connectivity index (χ4v) is 0.301. The Kier molecular flexibility index (Phi) is 2.71. The van der Waals surface area contributed by atoms with Crippen LogP contribution in [-0.4, -0.2) is 5.84 Å². The van der Waals surface area contributed by atoms with Crippen LogP contribution in [0.15, 0.2) is 29.4 Å². The Bertz CT molecular complexity index is 166. The first-order valence-electron chi connectivity index (χ1n) is 2.69. The summed E-state index contributed by atoms with van der Waals surface area (Å²) < 4.78 is 0. The first-order valence-corrected chi connectivity index (χ1v) is 2.69. The van der Waals surface area contributed by atoms with E-state index in [2.05, 4.69) is 18.2 Å². The molecule has 0 unspecified atom stereocenters. The number of hydrogen-bond donors (Lipinski definition) is 1. The van der Waals surface area contributed by atoms with E-state index in [1.807, 2.05) is 6.92 Å². The van der Waals surface area contributed by atoms with Crippen LogP contribution < -0.4 is 5.73 Å². The topological polar surface area (TPSA) is 38.4 Å². The van der Waals surface area contributed by atoms with Crippen molar-refractivity contribution in [2.24, 2.45) is 10.7 Å². The van der Waals surface area contributed by atoms with Crippen molar-refractivity contribution in [3.8, 4) is 0 Å². The first kappa shape index (κ1) is 7.95. The predicted molar refractivity (Wildman–Crippen MR) is 41.3 cm³/mol. The number of allylic oxidation sites excluding steroid dienone is 1. The molecule has 0 spiro atoms. The summed E-state index contributed by atoms with van der Waals surface area (Å²) in [5.74, 6) is 0.461. The molecule has 0 radical (unpaired) electrons. The number of aliphatic imine (C=N–C) groups is 1. The average Bonchev–Trinajstić information content (AvgIpc) is 1.63. The molecule has 0 aliphatic rings. The van der Waals surface area contributed by atoms with Crippen molar-refractivity contribution in [1.29, 1.82) is 0 Å². The molecular formula is C7H12N2. The summed E-state index contributed by atoms with van der Waals surface area (Å²) >= 11 is 0. The largest absolute Gasteiger partial charge is 0.383 e. The molecule has 2 N–H and O–H groups in total. The minimum atomic E-state index is 0.461. The van der Waals surface area contributed by atoms with Gasteiger partial charge in [0.25, 0.3) is 0 Å². The Balaban J connectivity index is 4.17. The summed E-state index contributed by atoms with van der Waals surface area (Å²) in [6.45, 7) is 10.8. The van der Waals surface area contributed by atoms with E-state index in [0.29, 0.717) is 11.5 Å². The molecule has 0 bridgehead atoms. The Morgan fingerprint density at radius 1 is 1.33 bits per heavy atom. The van der Waals surface area contributed by atoms with E-state index in [4.69, 9.17) is 5.73 Å². The lowest BCUT2D eigenvalue weighted by Crippen LogP contribution is -2.11. The Labute approximate surface area is 55.8 Å². The van der Waals surface area contributed by atoms with Crippen molar-refractivity contribution in [2.45, 2.75) is 13.8 Å². The fraction of sp³-hybridized carbons (Fsp3) is 0.286. The van der Waals surface area contributed by atoms with Gasteiger partial charge in [-0.25, -0.2) is 4.99 Å². The normalized spacial score (nSPS) is 11.1. The highest BCUT2D eigenvalue weighted by Gasteiger charge is 1.89. The van der Waals surface area contributed by atoms with Gasteiger partial charge in [-0.05, 0) is 19.4 Å². The zero-order valence-corrected chi connectivity index (χ0v) is 5.94. The highest BCUT2D eigenvalue weighted by Crippen LogP contribution is 1.93. The second-order valence-corrected chi connectivity index (χ2v) is 2.01. The fourth-order valence-electron chi connectivity index (χ4n) is 0.301. The van der Waals surface area contributed by atoms with Crippen molar-refractivity contribution in [3.63, 3.8) is 0 Å². The SMILES string of the molecule is C=C(C)N=C(N)C(=C)C. The van der Waals surface area contributed by atoms with Gasteiger partial charge in [-0.1, -0.05) is 13.2 Å². The van der Waals surface area contributed by atoms with E-state index < -0.39 is 0 Å². The van der Waals surface area contributed by atoms with Crippen LogP contribution in [0.4, 0.5) is 0 Å². The standard InChI is InChI=1S/C7H12N2/c1-5(2)7(8)9-6(3)4/h1,3H2,2,4H3,(H2,8,9). The molecule has 0 saturated heterocycles. The molecule has 0 amide bonds. The van der Waals surface area contributed by atoms with E-state index in [-0.39, 0.29) is 0 Å². The van der Waals surface area contributed by atoms with Gasteiger partial charge in [0.15, 0.2) is 0 Å². The van der Waals surface area contributed by atoms with Crippen molar-refractivity contribution in [3.05, 3.63) is 24.4 Å². The van der Waals surface area contributed by atoms with Crippen LogP contribution in [0.1, 0.15) is 13.8 Å². The monoisotopic (exact) mass is 124 g/mol. The highest BCUT2D eigenvalue weighted by molar-refractivity contribution is 5.96. The van der Waals surface area contributed by atoms with Gasteiger partial charge in [0, 0.05) is 5.70 Å². The Morgan fingerprint density at radius 2 is 1.78 bits per heavy atom. The molecule has 0 rings (SSSR count). The van der Waals surface area contributed by atoms with E-state index in [1.54, 1.807) is 6.92 Å². The molecule has 0 fully saturated rings. The van der Waals surface area contributed by atoms with Crippen LogP contribution in [-0.2, 0) is 0 Å². The maximum Gasteiger partial charge on any atom is 0.125 e. The van der Waals surface area contributed by atoms with Gasteiger partial charge in [-0.2, -0.15) is 0 Å². The molecule has 0 aromatic rings. The van der Waals surface area contributed by atoms with Crippen molar-refractivity contribution < 1.29 is 0 Å². The smallest absolute Gasteiger partial charge is 0.125 e. The zero-order valence-electron chi connectivity index (χ0n) is 5.94. The van der Waals surface area contributed by atoms with Gasteiger partial charge in [-0.3, -0.25) is 0 Å². The van der Waals surface area contributed by atoms with Gasteiger partial charge >= 0.3 is 0 Å².